The van der Waals surface area contributed by atoms with Gasteiger partial charge in [0.15, 0.2) is 5.82 Å². The molecule has 4 heteroatoms. The summed E-state index contributed by atoms with van der Waals surface area (Å²) in [5, 5.41) is 2.41. The molecule has 0 fully saturated rings. The van der Waals surface area contributed by atoms with Crippen LogP contribution in [0.4, 0.5) is 0 Å². The third kappa shape index (κ3) is 3.92. The van der Waals surface area contributed by atoms with Crippen LogP contribution in [0.5, 0.6) is 0 Å². The Hall–Kier alpha value is -5.45. The molecule has 6 aromatic carbocycles. The van der Waals surface area contributed by atoms with Gasteiger partial charge in [-0.15, -0.1) is 0 Å². The lowest BCUT2D eigenvalue weighted by atomic mass is 9.93. The lowest BCUT2D eigenvalue weighted by molar-refractivity contribution is 1.05. The van der Waals surface area contributed by atoms with Gasteiger partial charge in [-0.3, -0.25) is 4.57 Å². The molecular weight excluding hydrogens is 555 g/mol. The monoisotopic (exact) mass is 579 g/mol. The number of fused-ring (bicyclic) bond motifs is 9. The Labute approximate surface area is 259 Å². The minimum Gasteiger partial charge on any atom is -0.293 e. The molecule has 0 N–H and O–H groups in total. The highest BCUT2D eigenvalue weighted by Gasteiger charge is 2.26. The number of para-hydroxylation sites is 1. The first-order chi connectivity index (χ1) is 21.8. The third-order valence-electron chi connectivity index (χ3n) is 8.44. The zero-order valence-electron chi connectivity index (χ0n) is 23.7. The third-order valence-corrected chi connectivity index (χ3v) is 9.57. The van der Waals surface area contributed by atoms with Gasteiger partial charge in [0, 0.05) is 43.3 Å². The standard InChI is InChI=1S/C40H25N3S/c1-3-13-26(14-4-1)33-25-37(42-40(41-33)27-15-5-2-6-16-27)43-34-21-11-9-18-29(34)32-23-24-36-38(39(32)43)31-20-8-7-17-28(31)30-19-10-12-22-35(30)44-36/h1-25H. The van der Waals surface area contributed by atoms with Crippen LogP contribution in [0.1, 0.15) is 0 Å². The molecule has 0 aliphatic carbocycles. The van der Waals surface area contributed by atoms with Gasteiger partial charge in [-0.1, -0.05) is 139 Å². The number of benzene rings is 6. The molecule has 0 radical (unpaired) electrons. The van der Waals surface area contributed by atoms with Gasteiger partial charge in [0.25, 0.3) is 0 Å². The highest BCUT2D eigenvalue weighted by atomic mass is 32.2. The van der Waals surface area contributed by atoms with Crippen LogP contribution in [-0.2, 0) is 0 Å². The second-order valence-corrected chi connectivity index (χ2v) is 12.1. The Bertz CT molecular complexity index is 2300. The van der Waals surface area contributed by atoms with Crippen molar-refractivity contribution in [1.82, 2.24) is 14.5 Å². The summed E-state index contributed by atoms with van der Waals surface area (Å²) in [7, 11) is 0. The summed E-state index contributed by atoms with van der Waals surface area (Å²) >= 11 is 1.84. The Kier molecular flexibility index (Phi) is 5.75. The predicted octanol–water partition coefficient (Wildman–Crippen LogP) is 10.7. The molecule has 0 atom stereocenters. The van der Waals surface area contributed by atoms with Crippen LogP contribution >= 0.6 is 11.8 Å². The summed E-state index contributed by atoms with van der Waals surface area (Å²) in [4.78, 5) is 12.9. The Morgan fingerprint density at radius 3 is 1.95 bits per heavy atom. The lowest BCUT2D eigenvalue weighted by Crippen LogP contribution is -2.03. The van der Waals surface area contributed by atoms with E-state index in [4.69, 9.17) is 9.97 Å². The van der Waals surface area contributed by atoms with Gasteiger partial charge < -0.3 is 0 Å². The quantitative estimate of drug-likeness (QED) is 0.209. The molecular formula is C40H25N3S. The van der Waals surface area contributed by atoms with Gasteiger partial charge in [0.05, 0.1) is 16.7 Å². The van der Waals surface area contributed by atoms with Crippen LogP contribution in [0.15, 0.2) is 161 Å². The van der Waals surface area contributed by atoms with E-state index in [1.165, 1.54) is 42.8 Å². The van der Waals surface area contributed by atoms with E-state index in [1.807, 2.05) is 36.0 Å². The summed E-state index contributed by atoms with van der Waals surface area (Å²) in [5.41, 5.74) is 10.2. The number of hydrogen-bond acceptors (Lipinski definition) is 3. The second-order valence-electron chi connectivity index (χ2n) is 11.0. The summed E-state index contributed by atoms with van der Waals surface area (Å²) in [6.45, 7) is 0. The van der Waals surface area contributed by atoms with Crippen molar-refractivity contribution in [3.05, 3.63) is 152 Å². The van der Waals surface area contributed by atoms with E-state index in [1.54, 1.807) is 0 Å². The normalized spacial score (nSPS) is 12.0. The Balaban J connectivity index is 1.43. The fourth-order valence-electron chi connectivity index (χ4n) is 6.48. The molecule has 0 bridgehead atoms. The fourth-order valence-corrected chi connectivity index (χ4v) is 7.59. The van der Waals surface area contributed by atoms with Crippen LogP contribution in [0.25, 0.3) is 72.5 Å². The molecule has 2 aromatic heterocycles. The van der Waals surface area contributed by atoms with Crippen molar-refractivity contribution in [2.45, 2.75) is 9.79 Å². The van der Waals surface area contributed by atoms with E-state index in [0.29, 0.717) is 5.82 Å². The molecule has 9 rings (SSSR count). The molecule has 1 aliphatic heterocycles. The number of hydrogen-bond donors (Lipinski definition) is 0. The highest BCUT2D eigenvalue weighted by molar-refractivity contribution is 7.99. The van der Waals surface area contributed by atoms with Crippen molar-refractivity contribution in [1.29, 1.82) is 0 Å². The zero-order valence-corrected chi connectivity index (χ0v) is 24.5. The molecule has 206 valence electrons. The van der Waals surface area contributed by atoms with Gasteiger partial charge in [-0.2, -0.15) is 0 Å². The van der Waals surface area contributed by atoms with Crippen molar-refractivity contribution in [3.63, 3.8) is 0 Å². The molecule has 1 aliphatic rings. The molecule has 8 aromatic rings. The maximum atomic E-state index is 5.28. The van der Waals surface area contributed by atoms with Crippen molar-refractivity contribution in [2.24, 2.45) is 0 Å². The van der Waals surface area contributed by atoms with E-state index in [-0.39, 0.29) is 0 Å². The van der Waals surface area contributed by atoms with Crippen molar-refractivity contribution in [3.8, 4) is 50.7 Å². The molecule has 0 amide bonds. The maximum Gasteiger partial charge on any atom is 0.162 e. The van der Waals surface area contributed by atoms with Crippen molar-refractivity contribution >= 4 is 33.6 Å². The zero-order chi connectivity index (χ0) is 29.0. The highest BCUT2D eigenvalue weighted by Crippen LogP contribution is 2.51. The maximum absolute atomic E-state index is 5.28. The van der Waals surface area contributed by atoms with Gasteiger partial charge in [-0.05, 0) is 34.9 Å². The summed E-state index contributed by atoms with van der Waals surface area (Å²) in [5.74, 6) is 1.55. The van der Waals surface area contributed by atoms with E-state index in [0.717, 1.165) is 33.7 Å². The summed E-state index contributed by atoms with van der Waals surface area (Å²) < 4.78 is 2.36. The van der Waals surface area contributed by atoms with Crippen molar-refractivity contribution in [2.75, 3.05) is 0 Å². The van der Waals surface area contributed by atoms with Gasteiger partial charge >= 0.3 is 0 Å². The largest absolute Gasteiger partial charge is 0.293 e. The van der Waals surface area contributed by atoms with E-state index in [2.05, 4.69) is 132 Å². The number of aromatic nitrogens is 3. The SMILES string of the molecule is c1ccc(-c2cc(-n3c4ccccc4c4ccc5c(c43)-c3ccccc3-c3ccccc3S5)nc(-c3ccccc3)n2)cc1. The van der Waals surface area contributed by atoms with Crippen LogP contribution in [0.2, 0.25) is 0 Å². The minimum absolute atomic E-state index is 0.706. The van der Waals surface area contributed by atoms with Crippen molar-refractivity contribution < 1.29 is 0 Å². The molecule has 3 heterocycles. The molecule has 44 heavy (non-hydrogen) atoms. The van der Waals surface area contributed by atoms with Crippen LogP contribution in [0, 0.1) is 0 Å². The number of rotatable bonds is 3. The van der Waals surface area contributed by atoms with Gasteiger partial charge in [0.1, 0.15) is 5.82 Å². The summed E-state index contributed by atoms with van der Waals surface area (Å²) in [6, 6.07) is 53.6. The predicted molar refractivity (Wildman–Crippen MR) is 182 cm³/mol. The van der Waals surface area contributed by atoms with E-state index >= 15 is 0 Å². The molecule has 0 saturated heterocycles. The smallest absolute Gasteiger partial charge is 0.162 e. The topological polar surface area (TPSA) is 30.7 Å². The molecule has 3 nitrogen and oxygen atoms in total. The lowest BCUT2D eigenvalue weighted by Gasteiger charge is -2.16. The first-order valence-electron chi connectivity index (χ1n) is 14.8. The average Bonchev–Trinajstić information content (AvgIpc) is 3.35. The van der Waals surface area contributed by atoms with Gasteiger partial charge in [0.2, 0.25) is 0 Å². The fraction of sp³-hybridized carbons (Fsp3) is 0. The van der Waals surface area contributed by atoms with Crippen LogP contribution < -0.4 is 0 Å². The first-order valence-corrected chi connectivity index (χ1v) is 15.6. The van der Waals surface area contributed by atoms with E-state index < -0.39 is 0 Å². The minimum atomic E-state index is 0.706. The Morgan fingerprint density at radius 1 is 0.477 bits per heavy atom. The van der Waals surface area contributed by atoms with E-state index in [9.17, 15) is 0 Å². The molecule has 0 unspecified atom stereocenters. The summed E-state index contributed by atoms with van der Waals surface area (Å²) in [6.07, 6.45) is 0. The number of nitrogens with zero attached hydrogens (tertiary/aromatic N) is 3. The van der Waals surface area contributed by atoms with Gasteiger partial charge in [-0.25, -0.2) is 9.97 Å². The Morgan fingerprint density at radius 2 is 1.14 bits per heavy atom. The van der Waals surface area contributed by atoms with Crippen LogP contribution in [0.3, 0.4) is 0 Å². The average molecular weight is 580 g/mol. The van der Waals surface area contributed by atoms with Crippen LogP contribution in [-0.4, -0.2) is 14.5 Å². The molecule has 0 saturated carbocycles. The second kappa shape index (κ2) is 10.1. The first kappa shape index (κ1) is 25.1. The molecule has 0 spiro atoms.